The van der Waals surface area contributed by atoms with Crippen LogP contribution < -0.4 is 19.5 Å². The molecule has 3 amide bonds. The van der Waals surface area contributed by atoms with Crippen molar-refractivity contribution in [2.24, 2.45) is 0 Å². The molecular weight excluding hydrogens is 596 g/mol. The summed E-state index contributed by atoms with van der Waals surface area (Å²) in [5.74, 6) is 0.610. The number of para-hydroxylation sites is 3. The maximum Gasteiger partial charge on any atom is 0.293 e. The molecule has 0 bridgehead atoms. The van der Waals surface area contributed by atoms with E-state index in [-0.39, 0.29) is 24.7 Å². The average Bonchev–Trinajstić information content (AvgIpc) is 3.17. The number of ether oxygens (including phenoxy) is 3. The van der Waals surface area contributed by atoms with Gasteiger partial charge < -0.3 is 19.5 Å². The fraction of sp³-hybridized carbons (Fsp3) is 0.148. The van der Waals surface area contributed by atoms with Crippen LogP contribution >= 0.6 is 39.3 Å². The number of imide groups is 1. The summed E-state index contributed by atoms with van der Waals surface area (Å²) >= 11 is 10.3. The number of halogens is 2. The number of thioether (sulfide) groups is 1. The predicted molar refractivity (Wildman–Crippen MR) is 151 cm³/mol. The van der Waals surface area contributed by atoms with E-state index in [1.54, 1.807) is 66.7 Å². The van der Waals surface area contributed by atoms with Crippen LogP contribution in [-0.4, -0.2) is 48.8 Å². The largest absolute Gasteiger partial charge is 0.493 e. The van der Waals surface area contributed by atoms with Gasteiger partial charge in [0.25, 0.3) is 17.1 Å². The average molecular weight is 618 g/mol. The van der Waals surface area contributed by atoms with Gasteiger partial charge in [-0.3, -0.25) is 19.3 Å². The lowest BCUT2D eigenvalue weighted by Crippen LogP contribution is -2.32. The van der Waals surface area contributed by atoms with Crippen molar-refractivity contribution in [3.63, 3.8) is 0 Å². The number of carbonyl (C=O) groups is 3. The Labute approximate surface area is 237 Å². The lowest BCUT2D eigenvalue weighted by molar-refractivity contribution is -0.123. The number of carbonyl (C=O) groups excluding carboxylic acids is 3. The number of nitrogens with one attached hydrogen (secondary N) is 1. The molecule has 0 saturated carbocycles. The summed E-state index contributed by atoms with van der Waals surface area (Å²) in [4.78, 5) is 39.3. The molecule has 0 radical (unpaired) electrons. The highest BCUT2D eigenvalue weighted by atomic mass is 79.9. The summed E-state index contributed by atoms with van der Waals surface area (Å²) in [6.45, 7) is -0.100. The fourth-order valence-electron chi connectivity index (χ4n) is 3.47. The zero-order chi connectivity index (χ0) is 27.1. The van der Waals surface area contributed by atoms with E-state index in [2.05, 4.69) is 21.2 Å². The number of methoxy groups -OCH3 is 1. The van der Waals surface area contributed by atoms with Crippen molar-refractivity contribution < 1.29 is 28.6 Å². The maximum atomic E-state index is 13.0. The summed E-state index contributed by atoms with van der Waals surface area (Å²) in [6.07, 6.45) is 1.57. The van der Waals surface area contributed by atoms with Crippen LogP contribution in [0.1, 0.15) is 5.56 Å². The van der Waals surface area contributed by atoms with Gasteiger partial charge in [-0.25, -0.2) is 0 Å². The van der Waals surface area contributed by atoms with E-state index in [0.717, 1.165) is 21.1 Å². The van der Waals surface area contributed by atoms with Crippen LogP contribution in [0.3, 0.4) is 0 Å². The second kappa shape index (κ2) is 12.9. The molecule has 0 spiro atoms. The minimum Gasteiger partial charge on any atom is -0.493 e. The number of nitrogens with zero attached hydrogens (tertiary/aromatic N) is 1. The lowest BCUT2D eigenvalue weighted by atomic mass is 10.2. The van der Waals surface area contributed by atoms with Crippen molar-refractivity contribution in [3.8, 4) is 17.2 Å². The fourth-order valence-corrected chi connectivity index (χ4v) is 4.89. The summed E-state index contributed by atoms with van der Waals surface area (Å²) < 4.78 is 17.4. The van der Waals surface area contributed by atoms with E-state index in [1.165, 1.54) is 7.11 Å². The first-order chi connectivity index (χ1) is 18.4. The van der Waals surface area contributed by atoms with Crippen LogP contribution in [0.4, 0.5) is 10.5 Å². The Morgan fingerprint density at radius 1 is 1.03 bits per heavy atom. The van der Waals surface area contributed by atoms with Crippen molar-refractivity contribution in [2.45, 2.75) is 0 Å². The van der Waals surface area contributed by atoms with Gasteiger partial charge >= 0.3 is 0 Å². The van der Waals surface area contributed by atoms with Crippen LogP contribution in [0.2, 0.25) is 5.02 Å². The first kappa shape index (κ1) is 27.6. The zero-order valence-electron chi connectivity index (χ0n) is 20.1. The van der Waals surface area contributed by atoms with Crippen LogP contribution in [-0.2, 0) is 9.59 Å². The Hall–Kier alpha value is -3.47. The minimum atomic E-state index is -0.439. The SMILES string of the molecule is COc1ccccc1OCCN1C(=O)S/C(=C\c2cc(Br)ccc2OCC(=O)Nc2ccccc2Cl)C1=O. The van der Waals surface area contributed by atoms with Gasteiger partial charge in [-0.15, -0.1) is 0 Å². The van der Waals surface area contributed by atoms with Crippen LogP contribution in [0.25, 0.3) is 6.08 Å². The van der Waals surface area contributed by atoms with Crippen LogP contribution in [0.5, 0.6) is 17.2 Å². The Morgan fingerprint density at radius 3 is 2.53 bits per heavy atom. The first-order valence-corrected chi connectivity index (χ1v) is 13.3. The van der Waals surface area contributed by atoms with Gasteiger partial charge in [0.05, 0.1) is 29.3 Å². The molecule has 1 heterocycles. The number of hydrogen-bond donors (Lipinski definition) is 1. The van der Waals surface area contributed by atoms with Crippen LogP contribution in [0, 0.1) is 0 Å². The molecule has 8 nitrogen and oxygen atoms in total. The van der Waals surface area contributed by atoms with Gasteiger partial charge in [0.15, 0.2) is 18.1 Å². The van der Waals surface area contributed by atoms with Gasteiger partial charge in [0.1, 0.15) is 12.4 Å². The minimum absolute atomic E-state index is 0.0735. The summed E-state index contributed by atoms with van der Waals surface area (Å²) in [6, 6.07) is 19.2. The Bertz CT molecular complexity index is 1400. The monoisotopic (exact) mass is 616 g/mol. The van der Waals surface area contributed by atoms with Crippen molar-refractivity contribution in [1.29, 1.82) is 0 Å². The van der Waals surface area contributed by atoms with E-state index < -0.39 is 17.1 Å². The van der Waals surface area contributed by atoms with E-state index >= 15 is 0 Å². The summed E-state index contributed by atoms with van der Waals surface area (Å²) in [5, 5.41) is 2.70. The normalized spacial score (nSPS) is 14.1. The maximum absolute atomic E-state index is 13.0. The topological polar surface area (TPSA) is 94.2 Å². The molecule has 4 rings (SSSR count). The number of anilines is 1. The second-order valence-electron chi connectivity index (χ2n) is 7.83. The molecule has 196 valence electrons. The van der Waals surface area contributed by atoms with Gasteiger partial charge in [0, 0.05) is 10.0 Å². The first-order valence-electron chi connectivity index (χ1n) is 11.3. The quantitative estimate of drug-likeness (QED) is 0.269. The highest BCUT2D eigenvalue weighted by Crippen LogP contribution is 2.35. The third-order valence-electron chi connectivity index (χ3n) is 5.28. The van der Waals surface area contributed by atoms with E-state index in [9.17, 15) is 14.4 Å². The third-order valence-corrected chi connectivity index (χ3v) is 7.01. The third kappa shape index (κ3) is 6.89. The van der Waals surface area contributed by atoms with Crippen LogP contribution in [0.15, 0.2) is 76.1 Å². The molecule has 0 aliphatic carbocycles. The van der Waals surface area contributed by atoms with E-state index in [4.69, 9.17) is 25.8 Å². The molecular formula is C27H22BrClN2O6S. The van der Waals surface area contributed by atoms with E-state index in [0.29, 0.717) is 33.5 Å². The Balaban J connectivity index is 1.41. The highest BCUT2D eigenvalue weighted by Gasteiger charge is 2.35. The van der Waals surface area contributed by atoms with Crippen molar-refractivity contribution >= 4 is 68.1 Å². The predicted octanol–water partition coefficient (Wildman–Crippen LogP) is 6.24. The smallest absolute Gasteiger partial charge is 0.293 e. The van der Waals surface area contributed by atoms with Gasteiger partial charge in [-0.05, 0) is 60.3 Å². The molecule has 0 unspecified atom stereocenters. The van der Waals surface area contributed by atoms with Gasteiger partial charge in [-0.1, -0.05) is 51.8 Å². The number of rotatable bonds is 10. The molecule has 3 aromatic rings. The number of benzene rings is 3. The Kier molecular flexibility index (Phi) is 9.33. The molecule has 38 heavy (non-hydrogen) atoms. The molecule has 0 aromatic heterocycles. The molecule has 1 aliphatic rings. The molecule has 1 fully saturated rings. The van der Waals surface area contributed by atoms with Gasteiger partial charge in [0.2, 0.25) is 0 Å². The summed E-state index contributed by atoms with van der Waals surface area (Å²) in [5.41, 5.74) is 1.00. The van der Waals surface area contributed by atoms with Gasteiger partial charge in [-0.2, -0.15) is 0 Å². The molecule has 3 aromatic carbocycles. The van der Waals surface area contributed by atoms with Crippen molar-refractivity contribution in [3.05, 3.63) is 86.7 Å². The summed E-state index contributed by atoms with van der Waals surface area (Å²) in [7, 11) is 1.54. The molecule has 1 N–H and O–H groups in total. The van der Waals surface area contributed by atoms with Crippen molar-refractivity contribution in [2.75, 3.05) is 32.2 Å². The molecule has 11 heteroatoms. The zero-order valence-corrected chi connectivity index (χ0v) is 23.3. The number of amides is 3. The van der Waals surface area contributed by atoms with E-state index in [1.807, 2.05) is 6.07 Å². The molecule has 1 aliphatic heterocycles. The molecule has 1 saturated heterocycles. The number of hydrogen-bond acceptors (Lipinski definition) is 7. The second-order valence-corrected chi connectivity index (χ2v) is 10.1. The van der Waals surface area contributed by atoms with Crippen molar-refractivity contribution in [1.82, 2.24) is 4.90 Å². The molecule has 0 atom stereocenters. The standard InChI is InChI=1S/C27H22BrClN2O6S/c1-35-22-8-4-5-9-23(22)36-13-12-31-26(33)24(38-27(31)34)15-17-14-18(28)10-11-21(17)37-16-25(32)30-20-7-3-2-6-19(20)29/h2-11,14-15H,12-13,16H2,1H3,(H,30,32)/b24-15-. The highest BCUT2D eigenvalue weighted by molar-refractivity contribution is 9.10. The Morgan fingerprint density at radius 2 is 1.76 bits per heavy atom. The lowest BCUT2D eigenvalue weighted by Gasteiger charge is -2.14.